The number of unbranched alkanes of at least 4 members (excludes halogenated alkanes) is 2. The van der Waals surface area contributed by atoms with Gasteiger partial charge in [0.25, 0.3) is 5.92 Å². The highest BCUT2D eigenvalue weighted by Crippen LogP contribution is 2.28. The Morgan fingerprint density at radius 3 is 2.08 bits per heavy atom. The van der Waals surface area contributed by atoms with E-state index in [1.165, 1.54) is 61.6 Å². The number of hydrogen-bond acceptors (Lipinski definition) is 2. The van der Waals surface area contributed by atoms with Gasteiger partial charge in [0.15, 0.2) is 0 Å². The zero-order chi connectivity index (χ0) is 27.6. The molecular weight excluding hydrogens is 452 g/mol. The molecule has 0 spiro atoms. The maximum absolute atomic E-state index is 14.3. The number of alkyl halides is 2. The zero-order valence-electron chi connectivity index (χ0n) is 24.1. The molecule has 0 aliphatic rings. The lowest BCUT2D eigenvalue weighted by Crippen LogP contribution is -2.30. The highest BCUT2D eigenvalue weighted by molar-refractivity contribution is 5.32. The minimum atomic E-state index is -2.91. The van der Waals surface area contributed by atoms with E-state index in [-0.39, 0.29) is 5.56 Å². The molecule has 2 rings (SSSR count). The molecule has 2 aromatic rings. The van der Waals surface area contributed by atoms with Crippen LogP contribution in [-0.2, 0) is 25.3 Å². The minimum absolute atomic E-state index is 0.00798. The highest BCUT2D eigenvalue weighted by atomic mass is 19.3. The number of nitrogens with one attached hydrogen (secondary N) is 1. The molecule has 0 radical (unpaired) electrons. The number of allylic oxidation sites excluding steroid dienone is 1. The summed E-state index contributed by atoms with van der Waals surface area (Å²) in [6, 6.07) is 12.1. The molecule has 2 aromatic carbocycles. The highest BCUT2D eigenvalue weighted by Gasteiger charge is 2.30. The number of hydrogen-bond donors (Lipinski definition) is 1. The van der Waals surface area contributed by atoms with E-state index in [9.17, 15) is 8.78 Å². The Balaban J connectivity index is 0.000000861. The number of ether oxygens (including phenoxy) is 1. The van der Waals surface area contributed by atoms with Gasteiger partial charge in [0.05, 0.1) is 13.7 Å². The van der Waals surface area contributed by atoms with E-state index in [0.717, 1.165) is 24.3 Å². The Bertz CT molecular complexity index is 846. The summed E-state index contributed by atoms with van der Waals surface area (Å²) in [6.07, 6.45) is 7.33. The topological polar surface area (TPSA) is 21.3 Å². The van der Waals surface area contributed by atoms with E-state index in [4.69, 9.17) is 4.74 Å². The first kappa shape index (κ1) is 33.8. The van der Waals surface area contributed by atoms with Crippen molar-refractivity contribution in [3.63, 3.8) is 0 Å². The molecule has 36 heavy (non-hydrogen) atoms. The third kappa shape index (κ3) is 12.7. The van der Waals surface area contributed by atoms with Crippen molar-refractivity contribution in [3.05, 3.63) is 76.9 Å². The lowest BCUT2D eigenvalue weighted by atomic mass is 9.97. The van der Waals surface area contributed by atoms with E-state index in [1.54, 1.807) is 12.1 Å². The van der Waals surface area contributed by atoms with Crippen molar-refractivity contribution in [2.75, 3.05) is 13.7 Å². The standard InChI is InChI=1S/C20H25F2NO.C10H20.C2H6/c1-4-16-7-6-15(12-17(16)5-2)13-23-14-20(21,22)18-8-10-19(24-3)11-9-18;1-5-6-7-8-10(4)9(2)3;1-2/h6-12,23H,4-5,13-14H2,1-3H3;10H,2,5-8H2,1,3-4H3;1-2H3. The largest absolute Gasteiger partial charge is 0.497 e. The number of rotatable bonds is 13. The van der Waals surface area contributed by atoms with Crippen LogP contribution in [0.4, 0.5) is 8.78 Å². The fourth-order valence-corrected chi connectivity index (χ4v) is 3.71. The molecule has 0 saturated carbocycles. The monoisotopic (exact) mass is 503 g/mol. The van der Waals surface area contributed by atoms with Crippen LogP contribution in [0.3, 0.4) is 0 Å². The summed E-state index contributed by atoms with van der Waals surface area (Å²) in [5.74, 6) is -1.61. The quantitative estimate of drug-likeness (QED) is 0.217. The number of halogens is 2. The van der Waals surface area contributed by atoms with Crippen LogP contribution >= 0.6 is 0 Å². The smallest absolute Gasteiger partial charge is 0.285 e. The molecule has 1 N–H and O–H groups in total. The summed E-state index contributed by atoms with van der Waals surface area (Å²) >= 11 is 0. The third-order valence-electron chi connectivity index (χ3n) is 6.30. The van der Waals surface area contributed by atoms with E-state index in [1.807, 2.05) is 19.9 Å². The molecule has 0 heterocycles. The summed E-state index contributed by atoms with van der Waals surface area (Å²) in [7, 11) is 1.52. The lowest BCUT2D eigenvalue weighted by molar-refractivity contribution is -0.00346. The second kappa shape index (κ2) is 19.0. The Hall–Kier alpha value is -2.20. The second-order valence-electron chi connectivity index (χ2n) is 9.09. The van der Waals surface area contributed by atoms with Crippen LogP contribution in [0.25, 0.3) is 0 Å². The van der Waals surface area contributed by atoms with Gasteiger partial charge in [-0.1, -0.05) is 91.2 Å². The molecule has 0 aliphatic carbocycles. The summed E-state index contributed by atoms with van der Waals surface area (Å²) in [5, 5.41) is 2.88. The summed E-state index contributed by atoms with van der Waals surface area (Å²) in [5.41, 5.74) is 4.97. The van der Waals surface area contributed by atoms with Gasteiger partial charge in [-0.25, -0.2) is 0 Å². The Kier molecular flexibility index (Phi) is 17.8. The van der Waals surface area contributed by atoms with E-state index >= 15 is 0 Å². The maximum Gasteiger partial charge on any atom is 0.285 e. The van der Waals surface area contributed by atoms with Gasteiger partial charge in [-0.3, -0.25) is 0 Å². The molecule has 1 unspecified atom stereocenters. The van der Waals surface area contributed by atoms with E-state index in [2.05, 4.69) is 58.6 Å². The molecule has 0 aromatic heterocycles. The van der Waals surface area contributed by atoms with Crippen molar-refractivity contribution in [1.82, 2.24) is 5.32 Å². The molecule has 1 atom stereocenters. The van der Waals surface area contributed by atoms with Gasteiger partial charge in [0.2, 0.25) is 0 Å². The van der Waals surface area contributed by atoms with Gasteiger partial charge < -0.3 is 10.1 Å². The van der Waals surface area contributed by atoms with Gasteiger partial charge in [-0.2, -0.15) is 8.78 Å². The Labute approximate surface area is 220 Å². The van der Waals surface area contributed by atoms with Crippen LogP contribution in [-0.4, -0.2) is 13.7 Å². The predicted molar refractivity (Wildman–Crippen MR) is 153 cm³/mol. The predicted octanol–water partition coefficient (Wildman–Crippen LogP) is 9.51. The van der Waals surface area contributed by atoms with Crippen LogP contribution in [0.2, 0.25) is 0 Å². The summed E-state index contributed by atoms with van der Waals surface area (Å²) < 4.78 is 33.5. The van der Waals surface area contributed by atoms with Crippen LogP contribution in [0.15, 0.2) is 54.6 Å². The fraction of sp³-hybridized carbons (Fsp3) is 0.562. The van der Waals surface area contributed by atoms with Gasteiger partial charge in [-0.05, 0) is 73.1 Å². The van der Waals surface area contributed by atoms with Crippen molar-refractivity contribution in [1.29, 1.82) is 0 Å². The molecule has 0 bridgehead atoms. The molecule has 0 aliphatic heterocycles. The number of benzene rings is 2. The van der Waals surface area contributed by atoms with Crippen LogP contribution in [0.5, 0.6) is 5.75 Å². The first-order valence-corrected chi connectivity index (χ1v) is 13.7. The summed E-state index contributed by atoms with van der Waals surface area (Å²) in [4.78, 5) is 0. The first-order valence-electron chi connectivity index (χ1n) is 13.7. The van der Waals surface area contributed by atoms with Crippen LogP contribution in [0, 0.1) is 5.92 Å². The molecule has 204 valence electrons. The molecule has 0 saturated heterocycles. The average molecular weight is 504 g/mol. The molecular formula is C32H51F2NO. The van der Waals surface area contributed by atoms with E-state index < -0.39 is 12.5 Å². The van der Waals surface area contributed by atoms with Crippen molar-refractivity contribution < 1.29 is 13.5 Å². The normalized spacial score (nSPS) is 11.5. The van der Waals surface area contributed by atoms with Gasteiger partial charge in [0, 0.05) is 12.1 Å². The number of aryl methyl sites for hydroxylation is 2. The van der Waals surface area contributed by atoms with Crippen LogP contribution in [0.1, 0.15) is 96.4 Å². The lowest BCUT2D eigenvalue weighted by Gasteiger charge is -2.18. The van der Waals surface area contributed by atoms with Crippen molar-refractivity contribution in [2.45, 2.75) is 99.5 Å². The maximum atomic E-state index is 14.3. The first-order chi connectivity index (χ1) is 17.2. The third-order valence-corrected chi connectivity index (χ3v) is 6.30. The second-order valence-corrected chi connectivity index (χ2v) is 9.09. The Morgan fingerprint density at radius 1 is 0.972 bits per heavy atom. The average Bonchev–Trinajstić information content (AvgIpc) is 2.90. The van der Waals surface area contributed by atoms with Crippen molar-refractivity contribution >= 4 is 0 Å². The van der Waals surface area contributed by atoms with Gasteiger partial charge >= 0.3 is 0 Å². The molecule has 0 amide bonds. The number of methoxy groups -OCH3 is 1. The van der Waals surface area contributed by atoms with Crippen molar-refractivity contribution in [2.24, 2.45) is 5.92 Å². The Morgan fingerprint density at radius 2 is 1.58 bits per heavy atom. The summed E-state index contributed by atoms with van der Waals surface area (Å²) in [6.45, 7) is 18.8. The zero-order valence-corrected chi connectivity index (χ0v) is 24.1. The van der Waals surface area contributed by atoms with E-state index in [0.29, 0.717) is 12.3 Å². The van der Waals surface area contributed by atoms with Crippen LogP contribution < -0.4 is 10.1 Å². The SMILES string of the molecule is C=C(C)C(C)CCCCC.CC.CCc1ccc(CNCC(F)(F)c2ccc(OC)cc2)cc1CC. The molecule has 0 fully saturated rings. The molecule has 4 heteroatoms. The van der Waals surface area contributed by atoms with Gasteiger partial charge in [-0.15, -0.1) is 0 Å². The van der Waals surface area contributed by atoms with Gasteiger partial charge in [0.1, 0.15) is 5.75 Å². The fourth-order valence-electron chi connectivity index (χ4n) is 3.71. The molecule has 2 nitrogen and oxygen atoms in total. The minimum Gasteiger partial charge on any atom is -0.497 e. The van der Waals surface area contributed by atoms with Crippen molar-refractivity contribution in [3.8, 4) is 5.75 Å².